The fraction of sp³-hybridized carbons (Fsp3) is 0.455. The second kappa shape index (κ2) is 6.27. The third-order valence-corrected chi connectivity index (χ3v) is 2.92. The molecule has 1 rings (SSSR count). The normalized spacial score (nSPS) is 11.1. The van der Waals surface area contributed by atoms with Gasteiger partial charge in [-0.05, 0) is 54.6 Å². The Kier molecular flexibility index (Phi) is 5.31. The quantitative estimate of drug-likeness (QED) is 0.845. The maximum atomic E-state index is 13.6. The van der Waals surface area contributed by atoms with Crippen molar-refractivity contribution in [2.24, 2.45) is 5.73 Å². The Morgan fingerprint density at radius 2 is 2.06 bits per heavy atom. The first-order chi connectivity index (χ1) is 7.56. The lowest BCUT2D eigenvalue weighted by Crippen LogP contribution is -2.22. The summed E-state index contributed by atoms with van der Waals surface area (Å²) in [5.74, 6) is -1.04. The largest absolute Gasteiger partial charge is 0.330 e. The zero-order chi connectivity index (χ0) is 12.1. The predicted octanol–water partition coefficient (Wildman–Crippen LogP) is 2.51. The molecule has 5 heteroatoms. The summed E-state index contributed by atoms with van der Waals surface area (Å²) in [5, 5.41) is 0. The molecule has 0 aliphatic carbocycles. The van der Waals surface area contributed by atoms with E-state index in [-0.39, 0.29) is 16.6 Å². The zero-order valence-electron chi connectivity index (χ0n) is 9.14. The van der Waals surface area contributed by atoms with E-state index in [1.54, 1.807) is 0 Å². The highest BCUT2D eigenvalue weighted by atomic mass is 79.9. The second-order valence-electron chi connectivity index (χ2n) is 3.70. The fourth-order valence-electron chi connectivity index (χ4n) is 1.42. The van der Waals surface area contributed by atoms with Gasteiger partial charge in [0.25, 0.3) is 0 Å². The van der Waals surface area contributed by atoms with Crippen LogP contribution in [0.3, 0.4) is 0 Å². The van der Waals surface area contributed by atoms with Crippen molar-refractivity contribution in [2.45, 2.75) is 13.0 Å². The van der Waals surface area contributed by atoms with Crippen molar-refractivity contribution in [3.63, 3.8) is 0 Å². The summed E-state index contributed by atoms with van der Waals surface area (Å²) in [6.07, 6.45) is 0.813. The van der Waals surface area contributed by atoms with Crippen molar-refractivity contribution >= 4 is 15.9 Å². The van der Waals surface area contributed by atoms with Crippen LogP contribution in [0.25, 0.3) is 0 Å². The Bertz CT molecular complexity index is 358. The first kappa shape index (κ1) is 13.5. The Hall–Kier alpha value is -0.520. The highest BCUT2D eigenvalue weighted by Gasteiger charge is 2.13. The van der Waals surface area contributed by atoms with E-state index in [9.17, 15) is 8.78 Å². The summed E-state index contributed by atoms with van der Waals surface area (Å²) in [4.78, 5) is 1.85. The minimum atomic E-state index is -0.528. The van der Waals surface area contributed by atoms with Gasteiger partial charge in [-0.15, -0.1) is 0 Å². The molecule has 0 aliphatic rings. The smallest absolute Gasteiger partial charge is 0.144 e. The van der Waals surface area contributed by atoms with Crippen molar-refractivity contribution < 1.29 is 8.78 Å². The van der Waals surface area contributed by atoms with E-state index in [2.05, 4.69) is 15.9 Å². The topological polar surface area (TPSA) is 29.3 Å². The van der Waals surface area contributed by atoms with Gasteiger partial charge in [0.05, 0.1) is 4.47 Å². The molecule has 0 saturated heterocycles. The van der Waals surface area contributed by atoms with E-state index in [0.29, 0.717) is 6.54 Å². The summed E-state index contributed by atoms with van der Waals surface area (Å²) >= 11 is 3.04. The van der Waals surface area contributed by atoms with Gasteiger partial charge >= 0.3 is 0 Å². The molecule has 0 bridgehead atoms. The van der Waals surface area contributed by atoms with Crippen molar-refractivity contribution in [1.82, 2.24) is 4.90 Å². The number of hydrogen-bond acceptors (Lipinski definition) is 2. The van der Waals surface area contributed by atoms with Crippen LogP contribution in [0, 0.1) is 11.6 Å². The van der Waals surface area contributed by atoms with E-state index < -0.39 is 11.6 Å². The highest BCUT2D eigenvalue weighted by Crippen LogP contribution is 2.22. The first-order valence-electron chi connectivity index (χ1n) is 5.07. The van der Waals surface area contributed by atoms with E-state index in [1.807, 2.05) is 11.9 Å². The van der Waals surface area contributed by atoms with Gasteiger partial charge in [-0.25, -0.2) is 8.78 Å². The molecule has 0 fully saturated rings. The SMILES string of the molecule is CN(CCCN)Cc1c(F)ccc(Br)c1F. The van der Waals surface area contributed by atoms with Gasteiger partial charge in [-0.3, -0.25) is 0 Å². The van der Waals surface area contributed by atoms with E-state index in [1.165, 1.54) is 12.1 Å². The molecule has 1 aromatic carbocycles. The Morgan fingerprint density at radius 3 is 2.69 bits per heavy atom. The van der Waals surface area contributed by atoms with Crippen LogP contribution in [0.5, 0.6) is 0 Å². The van der Waals surface area contributed by atoms with E-state index in [0.717, 1.165) is 13.0 Å². The molecule has 0 unspecified atom stereocenters. The summed E-state index contributed by atoms with van der Waals surface area (Å²) in [6, 6.07) is 2.63. The lowest BCUT2D eigenvalue weighted by atomic mass is 10.2. The van der Waals surface area contributed by atoms with Gasteiger partial charge in [-0.2, -0.15) is 0 Å². The molecule has 0 radical (unpaired) electrons. The van der Waals surface area contributed by atoms with E-state index in [4.69, 9.17) is 5.73 Å². The number of nitrogens with two attached hydrogens (primary N) is 1. The van der Waals surface area contributed by atoms with Crippen LogP contribution in [0.1, 0.15) is 12.0 Å². The lowest BCUT2D eigenvalue weighted by Gasteiger charge is -2.17. The number of nitrogens with zero attached hydrogens (tertiary/aromatic N) is 1. The Labute approximate surface area is 103 Å². The van der Waals surface area contributed by atoms with Gasteiger partial charge < -0.3 is 10.6 Å². The van der Waals surface area contributed by atoms with Crippen molar-refractivity contribution in [1.29, 1.82) is 0 Å². The van der Waals surface area contributed by atoms with Crippen LogP contribution in [-0.4, -0.2) is 25.0 Å². The number of hydrogen-bond donors (Lipinski definition) is 1. The standard InChI is InChI=1S/C11H15BrF2N2/c1-16(6-2-5-15)7-8-10(13)4-3-9(12)11(8)14/h3-4H,2,5-7,15H2,1H3. The maximum Gasteiger partial charge on any atom is 0.144 e. The van der Waals surface area contributed by atoms with Crippen molar-refractivity contribution in [3.8, 4) is 0 Å². The lowest BCUT2D eigenvalue weighted by molar-refractivity contribution is 0.312. The molecule has 2 nitrogen and oxygen atoms in total. The van der Waals surface area contributed by atoms with Gasteiger partial charge in [0, 0.05) is 12.1 Å². The minimum Gasteiger partial charge on any atom is -0.330 e. The molecule has 0 amide bonds. The summed E-state index contributed by atoms with van der Waals surface area (Å²) in [6.45, 7) is 1.55. The average Bonchev–Trinajstić information content (AvgIpc) is 2.27. The molecule has 0 aromatic heterocycles. The number of rotatable bonds is 5. The van der Waals surface area contributed by atoms with Crippen LogP contribution in [0.2, 0.25) is 0 Å². The molecule has 0 aliphatic heterocycles. The molecule has 1 aromatic rings. The maximum absolute atomic E-state index is 13.6. The molecule has 0 heterocycles. The van der Waals surface area contributed by atoms with Crippen LogP contribution >= 0.6 is 15.9 Å². The third-order valence-electron chi connectivity index (χ3n) is 2.31. The van der Waals surface area contributed by atoms with Crippen LogP contribution in [0.4, 0.5) is 8.78 Å². The molecule has 2 N–H and O–H groups in total. The minimum absolute atomic E-state index is 0.0916. The summed E-state index contributed by atoms with van der Waals surface area (Å²) in [7, 11) is 1.81. The van der Waals surface area contributed by atoms with Gasteiger partial charge in [-0.1, -0.05) is 0 Å². The zero-order valence-corrected chi connectivity index (χ0v) is 10.7. The van der Waals surface area contributed by atoms with Crippen LogP contribution in [0.15, 0.2) is 16.6 Å². The molecular formula is C11H15BrF2N2. The average molecular weight is 293 g/mol. The van der Waals surface area contributed by atoms with Crippen molar-refractivity contribution in [3.05, 3.63) is 33.8 Å². The monoisotopic (exact) mass is 292 g/mol. The summed E-state index contributed by atoms with van der Waals surface area (Å²) < 4.78 is 27.3. The molecule has 0 spiro atoms. The number of halogens is 3. The van der Waals surface area contributed by atoms with Crippen LogP contribution < -0.4 is 5.73 Å². The van der Waals surface area contributed by atoms with Gasteiger partial charge in [0.15, 0.2) is 0 Å². The number of benzene rings is 1. The molecule has 0 saturated carbocycles. The predicted molar refractivity (Wildman–Crippen MR) is 64.1 cm³/mol. The third kappa shape index (κ3) is 3.50. The summed E-state index contributed by atoms with van der Waals surface area (Å²) in [5.41, 5.74) is 5.46. The molecule has 90 valence electrons. The van der Waals surface area contributed by atoms with E-state index >= 15 is 0 Å². The molecule has 16 heavy (non-hydrogen) atoms. The fourth-order valence-corrected chi connectivity index (χ4v) is 1.80. The van der Waals surface area contributed by atoms with Crippen molar-refractivity contribution in [2.75, 3.05) is 20.1 Å². The van der Waals surface area contributed by atoms with Crippen LogP contribution in [-0.2, 0) is 6.54 Å². The van der Waals surface area contributed by atoms with Gasteiger partial charge in [0.2, 0.25) is 0 Å². The van der Waals surface area contributed by atoms with Gasteiger partial charge in [0.1, 0.15) is 11.6 Å². The second-order valence-corrected chi connectivity index (χ2v) is 4.56. The molecule has 0 atom stereocenters. The first-order valence-corrected chi connectivity index (χ1v) is 5.86. The highest BCUT2D eigenvalue weighted by molar-refractivity contribution is 9.10. The Balaban J connectivity index is 2.76. The Morgan fingerprint density at radius 1 is 1.38 bits per heavy atom. The molecular weight excluding hydrogens is 278 g/mol.